The highest BCUT2D eigenvalue weighted by atomic mass is 19.3. The van der Waals surface area contributed by atoms with Crippen molar-refractivity contribution in [3.8, 4) is 0 Å². The van der Waals surface area contributed by atoms with E-state index in [4.69, 9.17) is 4.99 Å². The van der Waals surface area contributed by atoms with Crippen LogP contribution in [0, 0.1) is 5.82 Å². The van der Waals surface area contributed by atoms with Crippen LogP contribution in [0.5, 0.6) is 0 Å². The van der Waals surface area contributed by atoms with Gasteiger partial charge in [0.25, 0.3) is 6.43 Å². The maximum atomic E-state index is 13.5. The molecule has 0 spiro atoms. The fraction of sp³-hybridized carbons (Fsp3) is 0.650. The van der Waals surface area contributed by atoms with Gasteiger partial charge in [-0.1, -0.05) is 26.0 Å². The van der Waals surface area contributed by atoms with E-state index in [0.29, 0.717) is 25.6 Å². The summed E-state index contributed by atoms with van der Waals surface area (Å²) in [7, 11) is 0. The van der Waals surface area contributed by atoms with Crippen LogP contribution in [0.25, 0.3) is 0 Å². The zero-order valence-electron chi connectivity index (χ0n) is 16.4. The van der Waals surface area contributed by atoms with Crippen LogP contribution in [0.4, 0.5) is 13.2 Å². The number of piperidine rings is 1. The number of aliphatic imine (C=N–C) groups is 1. The van der Waals surface area contributed by atoms with E-state index in [0.717, 1.165) is 24.9 Å². The Hall–Kier alpha value is -1.76. The van der Waals surface area contributed by atoms with Crippen LogP contribution in [0.15, 0.2) is 29.3 Å². The van der Waals surface area contributed by atoms with E-state index in [9.17, 15) is 13.2 Å². The lowest BCUT2D eigenvalue weighted by molar-refractivity contribution is 0.0744. The fourth-order valence-corrected chi connectivity index (χ4v) is 3.25. The molecule has 1 aliphatic rings. The molecule has 0 bridgehead atoms. The van der Waals surface area contributed by atoms with E-state index in [2.05, 4.69) is 10.6 Å². The number of benzene rings is 1. The summed E-state index contributed by atoms with van der Waals surface area (Å²) in [5.41, 5.74) is 0.604. The van der Waals surface area contributed by atoms with Gasteiger partial charge >= 0.3 is 0 Å². The monoisotopic (exact) mass is 384 g/mol. The third-order valence-electron chi connectivity index (χ3n) is 4.91. The average Bonchev–Trinajstić information content (AvgIpc) is 2.61. The van der Waals surface area contributed by atoms with Gasteiger partial charge in [0.05, 0.1) is 13.1 Å². The summed E-state index contributed by atoms with van der Waals surface area (Å²) in [6.07, 6.45) is -0.659. The molecule has 1 aromatic rings. The van der Waals surface area contributed by atoms with Crippen molar-refractivity contribution >= 4 is 5.96 Å². The average molecular weight is 384 g/mol. The van der Waals surface area contributed by atoms with Crippen LogP contribution in [0.1, 0.15) is 39.2 Å². The molecule has 4 nitrogen and oxygen atoms in total. The van der Waals surface area contributed by atoms with Gasteiger partial charge in [0, 0.05) is 31.1 Å². The number of guanidine groups is 1. The van der Waals surface area contributed by atoms with Gasteiger partial charge in [-0.25, -0.2) is 13.2 Å². The summed E-state index contributed by atoms with van der Waals surface area (Å²) >= 11 is 0. The summed E-state index contributed by atoms with van der Waals surface area (Å²) < 4.78 is 38.5. The first kappa shape index (κ1) is 21.5. The molecule has 2 N–H and O–H groups in total. The first-order valence-corrected chi connectivity index (χ1v) is 9.61. The predicted octanol–water partition coefficient (Wildman–Crippen LogP) is 3.39. The molecule has 0 amide bonds. The summed E-state index contributed by atoms with van der Waals surface area (Å²) in [4.78, 5) is 6.50. The Balaban J connectivity index is 1.94. The van der Waals surface area contributed by atoms with Gasteiger partial charge in [-0.2, -0.15) is 0 Å². The summed E-state index contributed by atoms with van der Waals surface area (Å²) in [5.74, 6) is 0.472. The molecule has 27 heavy (non-hydrogen) atoms. The summed E-state index contributed by atoms with van der Waals surface area (Å²) in [6, 6.07) is 6.84. The van der Waals surface area contributed by atoms with Crippen molar-refractivity contribution in [2.45, 2.75) is 51.5 Å². The number of halogens is 3. The van der Waals surface area contributed by atoms with Crippen LogP contribution >= 0.6 is 0 Å². The van der Waals surface area contributed by atoms with Crippen LogP contribution in [-0.2, 0) is 5.41 Å². The van der Waals surface area contributed by atoms with E-state index < -0.39 is 6.43 Å². The van der Waals surface area contributed by atoms with E-state index >= 15 is 0 Å². The van der Waals surface area contributed by atoms with Gasteiger partial charge in [0.15, 0.2) is 5.96 Å². The molecule has 0 radical (unpaired) electrons. The van der Waals surface area contributed by atoms with Crippen LogP contribution in [0.2, 0.25) is 0 Å². The van der Waals surface area contributed by atoms with E-state index in [-0.39, 0.29) is 23.8 Å². The zero-order chi connectivity index (χ0) is 19.9. The van der Waals surface area contributed by atoms with Crippen LogP contribution in [0.3, 0.4) is 0 Å². The first-order valence-electron chi connectivity index (χ1n) is 9.61. The fourth-order valence-electron chi connectivity index (χ4n) is 3.25. The second kappa shape index (κ2) is 9.97. The van der Waals surface area contributed by atoms with Gasteiger partial charge < -0.3 is 10.6 Å². The first-order chi connectivity index (χ1) is 12.8. The Bertz CT molecular complexity index is 611. The molecule has 2 rings (SSSR count). The lowest BCUT2D eigenvalue weighted by atomic mass is 9.85. The molecule has 0 unspecified atom stereocenters. The smallest absolute Gasteiger partial charge is 0.251 e. The largest absolute Gasteiger partial charge is 0.357 e. The highest BCUT2D eigenvalue weighted by molar-refractivity contribution is 5.80. The summed E-state index contributed by atoms with van der Waals surface area (Å²) in [5, 5.41) is 6.66. The second-order valence-corrected chi connectivity index (χ2v) is 7.70. The molecular formula is C20H31F3N4. The van der Waals surface area contributed by atoms with Crippen LogP contribution in [-0.4, -0.2) is 56.1 Å². The molecule has 1 aromatic carbocycles. The predicted molar refractivity (Wildman–Crippen MR) is 104 cm³/mol. The topological polar surface area (TPSA) is 39.7 Å². The molecule has 1 fully saturated rings. The lowest BCUT2D eigenvalue weighted by Gasteiger charge is -2.33. The van der Waals surface area contributed by atoms with Gasteiger partial charge in [-0.05, 0) is 37.5 Å². The van der Waals surface area contributed by atoms with Crippen molar-refractivity contribution in [3.05, 3.63) is 35.6 Å². The van der Waals surface area contributed by atoms with Crippen LogP contribution < -0.4 is 10.6 Å². The number of nitrogens with one attached hydrogen (secondary N) is 2. The van der Waals surface area contributed by atoms with Gasteiger partial charge in [-0.3, -0.25) is 9.89 Å². The molecule has 0 aromatic heterocycles. The molecule has 1 aliphatic heterocycles. The Morgan fingerprint density at radius 3 is 2.59 bits per heavy atom. The minimum Gasteiger partial charge on any atom is -0.357 e. The molecular weight excluding hydrogens is 353 g/mol. The molecule has 0 atom stereocenters. The van der Waals surface area contributed by atoms with E-state index in [1.165, 1.54) is 6.07 Å². The third-order valence-corrected chi connectivity index (χ3v) is 4.91. The standard InChI is InChI=1S/C20H31F3N4/c1-4-24-19(26-17-8-10-27(11-9-17)13-18(22)23)25-14-20(2,3)15-6-5-7-16(21)12-15/h5-7,12,17-18H,4,8-11,13-14H2,1-3H3,(H2,24,25,26). The van der Waals surface area contributed by atoms with Gasteiger partial charge in [0.2, 0.25) is 0 Å². The second-order valence-electron chi connectivity index (χ2n) is 7.70. The highest BCUT2D eigenvalue weighted by Gasteiger charge is 2.23. The maximum absolute atomic E-state index is 13.5. The van der Waals surface area contributed by atoms with Crippen molar-refractivity contribution in [3.63, 3.8) is 0 Å². The van der Waals surface area contributed by atoms with Gasteiger partial charge in [0.1, 0.15) is 5.82 Å². The molecule has 152 valence electrons. The highest BCUT2D eigenvalue weighted by Crippen LogP contribution is 2.24. The van der Waals surface area contributed by atoms with E-state index in [1.807, 2.05) is 26.8 Å². The molecule has 1 saturated heterocycles. The minimum atomic E-state index is -2.28. The van der Waals surface area contributed by atoms with Crippen molar-refractivity contribution in [1.29, 1.82) is 0 Å². The normalized spacial score (nSPS) is 17.4. The lowest BCUT2D eigenvalue weighted by Crippen LogP contribution is -2.49. The third kappa shape index (κ3) is 7.05. The number of hydrogen-bond acceptors (Lipinski definition) is 2. The molecule has 0 saturated carbocycles. The Morgan fingerprint density at radius 1 is 1.30 bits per heavy atom. The number of hydrogen-bond donors (Lipinski definition) is 2. The zero-order valence-corrected chi connectivity index (χ0v) is 16.4. The van der Waals surface area contributed by atoms with Crippen molar-refractivity contribution in [1.82, 2.24) is 15.5 Å². The quantitative estimate of drug-likeness (QED) is 0.559. The Morgan fingerprint density at radius 2 is 2.00 bits per heavy atom. The van der Waals surface area contributed by atoms with E-state index in [1.54, 1.807) is 17.0 Å². The van der Waals surface area contributed by atoms with Crippen molar-refractivity contribution < 1.29 is 13.2 Å². The Labute approximate surface area is 160 Å². The number of alkyl halides is 2. The maximum Gasteiger partial charge on any atom is 0.251 e. The minimum absolute atomic E-state index is 0.150. The molecule has 7 heteroatoms. The SMILES string of the molecule is CCNC(=NCC(C)(C)c1cccc(F)c1)NC1CCN(CC(F)F)CC1. The summed E-state index contributed by atoms with van der Waals surface area (Å²) in [6.45, 7) is 8.50. The number of rotatable bonds is 7. The molecule has 1 heterocycles. The molecule has 0 aliphatic carbocycles. The van der Waals surface area contributed by atoms with Crippen molar-refractivity contribution in [2.24, 2.45) is 4.99 Å². The van der Waals surface area contributed by atoms with Gasteiger partial charge in [-0.15, -0.1) is 0 Å². The van der Waals surface area contributed by atoms with Crippen molar-refractivity contribution in [2.75, 3.05) is 32.7 Å². The Kier molecular flexibility index (Phi) is 7.95. The number of nitrogens with zero attached hydrogens (tertiary/aromatic N) is 2. The number of likely N-dealkylation sites (tertiary alicyclic amines) is 1.